The molecule has 5 rings (SSSR count). The number of aromatic nitrogens is 1. The Bertz CT molecular complexity index is 1140. The Morgan fingerprint density at radius 2 is 2.11 bits per heavy atom. The van der Waals surface area contributed by atoms with E-state index in [9.17, 15) is 13.4 Å². The van der Waals surface area contributed by atoms with Crippen molar-refractivity contribution in [1.82, 2.24) is 19.9 Å². The first-order valence-electron chi connectivity index (χ1n) is 12.7. The summed E-state index contributed by atoms with van der Waals surface area (Å²) in [6, 6.07) is 5.92. The number of nitrogens with one attached hydrogen (secondary N) is 2. The third-order valence-electron chi connectivity index (χ3n) is 6.28. The Kier molecular flexibility index (Phi) is 10.2. The maximum atomic E-state index is 12.5. The summed E-state index contributed by atoms with van der Waals surface area (Å²) >= 11 is 7.11. The predicted molar refractivity (Wildman–Crippen MR) is 149 cm³/mol. The monoisotopic (exact) mass is 565 g/mol. The van der Waals surface area contributed by atoms with E-state index in [0.717, 1.165) is 68.6 Å². The fourth-order valence-electron chi connectivity index (χ4n) is 4.33. The van der Waals surface area contributed by atoms with Crippen molar-refractivity contribution in [2.24, 2.45) is 4.99 Å². The number of benzene rings is 1. The van der Waals surface area contributed by atoms with Crippen LogP contribution in [0.5, 0.6) is 0 Å². The molecule has 1 aliphatic carbocycles. The highest BCUT2D eigenvalue weighted by atomic mass is 35.5. The van der Waals surface area contributed by atoms with E-state index in [4.69, 9.17) is 16.6 Å². The number of halogens is 2. The van der Waals surface area contributed by atoms with Crippen molar-refractivity contribution in [3.8, 4) is 0 Å². The number of rotatable bonds is 10. The molecule has 0 radical (unpaired) electrons. The van der Waals surface area contributed by atoms with Gasteiger partial charge in [0.1, 0.15) is 11.7 Å². The summed E-state index contributed by atoms with van der Waals surface area (Å²) in [6.45, 7) is 3.72. The van der Waals surface area contributed by atoms with Gasteiger partial charge in [-0.3, -0.25) is 9.79 Å². The van der Waals surface area contributed by atoms with Crippen LogP contribution in [-0.4, -0.2) is 56.8 Å². The molecule has 3 aliphatic rings. The number of aryl methyl sites for hydroxylation is 1. The van der Waals surface area contributed by atoms with Crippen LogP contribution in [-0.2, 0) is 22.2 Å². The molecule has 11 heteroatoms. The second-order valence-corrected chi connectivity index (χ2v) is 12.1. The molecule has 0 bridgehead atoms. The van der Waals surface area contributed by atoms with Crippen LogP contribution >= 0.6 is 22.9 Å². The molecule has 0 spiro atoms. The van der Waals surface area contributed by atoms with E-state index in [2.05, 4.69) is 19.9 Å². The van der Waals surface area contributed by atoms with Gasteiger partial charge in [-0.25, -0.2) is 18.3 Å². The Hall–Kier alpha value is -2.14. The minimum atomic E-state index is -0.970. The van der Waals surface area contributed by atoms with Gasteiger partial charge in [-0.05, 0) is 57.2 Å². The van der Waals surface area contributed by atoms with E-state index in [-0.39, 0.29) is 17.8 Å². The molecule has 2 N–H and O–H groups in total. The molecule has 2 unspecified atom stereocenters. The first-order valence-corrected chi connectivity index (χ1v) is 15.2. The lowest BCUT2D eigenvalue weighted by atomic mass is 10.1. The van der Waals surface area contributed by atoms with Crippen LogP contribution in [0.25, 0.3) is 0 Å². The van der Waals surface area contributed by atoms with Crippen LogP contribution in [0.15, 0.2) is 52.1 Å². The zero-order chi connectivity index (χ0) is 26.2. The summed E-state index contributed by atoms with van der Waals surface area (Å²) in [4.78, 5) is 23.8. The average Bonchev–Trinajstić information content (AvgIpc) is 3.43. The first-order chi connectivity index (χ1) is 17.9. The number of thiazole rings is 1. The van der Waals surface area contributed by atoms with Crippen LogP contribution < -0.4 is 10.0 Å². The number of nitrogens with zero attached hydrogens (tertiary/aromatic N) is 3. The third-order valence-corrected chi connectivity index (χ3v) is 9.00. The molecule has 2 aliphatic heterocycles. The van der Waals surface area contributed by atoms with Gasteiger partial charge in [-0.15, -0.1) is 11.3 Å². The number of carbonyl (C=O) groups is 1. The molecule has 1 amide bonds. The molecule has 1 aromatic heterocycles. The zero-order valence-electron chi connectivity index (χ0n) is 20.9. The highest BCUT2D eigenvalue weighted by molar-refractivity contribution is 7.84. The molecule has 37 heavy (non-hydrogen) atoms. The molecular weight excluding hydrogens is 533 g/mol. The Balaban J connectivity index is 0.000000342. The quantitative estimate of drug-likeness (QED) is 0.411. The summed E-state index contributed by atoms with van der Waals surface area (Å²) in [5, 5.41) is 6.86. The lowest BCUT2D eigenvalue weighted by Gasteiger charge is -2.28. The molecule has 1 aromatic carbocycles. The highest BCUT2D eigenvalue weighted by Gasteiger charge is 2.38. The van der Waals surface area contributed by atoms with Crippen molar-refractivity contribution in [3.63, 3.8) is 0 Å². The van der Waals surface area contributed by atoms with Crippen LogP contribution in [0.2, 0.25) is 5.02 Å². The number of aliphatic imine (C=N–C) groups is 1. The van der Waals surface area contributed by atoms with Gasteiger partial charge >= 0.3 is 0 Å². The van der Waals surface area contributed by atoms with Crippen molar-refractivity contribution in [2.75, 3.05) is 19.6 Å². The molecular formula is C26H33ClFN5O2S2. The average molecular weight is 566 g/mol. The lowest BCUT2D eigenvalue weighted by molar-refractivity contribution is -0.117. The van der Waals surface area contributed by atoms with E-state index >= 15 is 0 Å². The van der Waals surface area contributed by atoms with Crippen molar-refractivity contribution in [3.05, 3.63) is 63.0 Å². The molecule has 2 fully saturated rings. The number of amides is 1. The van der Waals surface area contributed by atoms with E-state index < -0.39 is 11.0 Å². The van der Waals surface area contributed by atoms with Crippen LogP contribution in [0.4, 0.5) is 4.39 Å². The lowest BCUT2D eigenvalue weighted by Crippen LogP contribution is -2.39. The first kappa shape index (κ1) is 27.9. The topological polar surface area (TPSA) is 86.7 Å². The van der Waals surface area contributed by atoms with Gasteiger partial charge in [-0.2, -0.15) is 0 Å². The van der Waals surface area contributed by atoms with Gasteiger partial charge in [0.2, 0.25) is 0 Å². The number of hydrogen-bond acceptors (Lipinski definition) is 6. The molecule has 2 atom stereocenters. The van der Waals surface area contributed by atoms with Crippen molar-refractivity contribution in [1.29, 1.82) is 0 Å². The second kappa shape index (κ2) is 13.6. The van der Waals surface area contributed by atoms with Gasteiger partial charge < -0.3 is 10.2 Å². The normalized spacial score (nSPS) is 19.6. The molecule has 7 nitrogen and oxygen atoms in total. The number of unbranched alkanes of at least 4 members (excludes halogenated alkanes) is 1. The maximum Gasteiger partial charge on any atom is 0.250 e. The third kappa shape index (κ3) is 8.17. The van der Waals surface area contributed by atoms with E-state index in [0.29, 0.717) is 23.4 Å². The second-order valence-electron chi connectivity index (χ2n) is 9.22. The number of amidine groups is 1. The fourth-order valence-corrected chi connectivity index (χ4v) is 6.42. The predicted octanol–water partition coefficient (Wildman–Crippen LogP) is 4.63. The number of likely N-dealkylation sites (N-methyl/N-ethyl adjacent to an activating group) is 1. The number of carbonyl (C=O) groups excluding carboxylic acids is 1. The van der Waals surface area contributed by atoms with Gasteiger partial charge in [-0.1, -0.05) is 17.7 Å². The van der Waals surface area contributed by atoms with E-state index in [1.165, 1.54) is 17.1 Å². The molecule has 2 aromatic rings. The summed E-state index contributed by atoms with van der Waals surface area (Å²) in [5.74, 6) is 0.745. The van der Waals surface area contributed by atoms with Gasteiger partial charge in [0.15, 0.2) is 0 Å². The van der Waals surface area contributed by atoms with Crippen molar-refractivity contribution >= 4 is 45.7 Å². The zero-order valence-corrected chi connectivity index (χ0v) is 23.3. The fraction of sp³-hybridized carbons (Fsp3) is 0.500. The summed E-state index contributed by atoms with van der Waals surface area (Å²) in [6.07, 6.45) is 8.72. The maximum absolute atomic E-state index is 12.5. The molecule has 3 heterocycles. The van der Waals surface area contributed by atoms with Gasteiger partial charge in [0.25, 0.3) is 5.91 Å². The van der Waals surface area contributed by atoms with Crippen molar-refractivity contribution < 1.29 is 13.4 Å². The van der Waals surface area contributed by atoms with Crippen molar-refractivity contribution in [2.45, 2.75) is 63.2 Å². The minimum absolute atomic E-state index is 0.0250. The highest BCUT2D eigenvalue weighted by Crippen LogP contribution is 2.32. The standard InChI is InChI=1S/C20H29N5O2S2.C6H4ClF/c1-2-21-20(26)16-12-23-18(5-3-4-6-19-22-9-10-28-19)25-13-14(11-17(16)25)24-29(27)15-7-8-15;7-5-2-1-3-6(8)4-5/h9-10,14-15,24H,2-8,11-13H2,1H3,(H,21,26);1-4H. The molecule has 200 valence electrons. The largest absolute Gasteiger partial charge is 0.352 e. The Morgan fingerprint density at radius 3 is 2.76 bits per heavy atom. The smallest absolute Gasteiger partial charge is 0.250 e. The summed E-state index contributed by atoms with van der Waals surface area (Å²) < 4.78 is 27.7. The molecule has 1 saturated carbocycles. The number of hydrogen-bond donors (Lipinski definition) is 2. The summed E-state index contributed by atoms with van der Waals surface area (Å²) in [5.41, 5.74) is 1.83. The van der Waals surface area contributed by atoms with Gasteiger partial charge in [0, 0.05) is 59.5 Å². The Labute approximate surface area is 229 Å². The van der Waals surface area contributed by atoms with Gasteiger partial charge in [0.05, 0.1) is 28.1 Å². The van der Waals surface area contributed by atoms with Crippen LogP contribution in [0.1, 0.15) is 50.5 Å². The van der Waals surface area contributed by atoms with Crippen LogP contribution in [0, 0.1) is 5.82 Å². The summed E-state index contributed by atoms with van der Waals surface area (Å²) in [7, 11) is -0.970. The SMILES string of the molecule is CCNC(=O)C1=C2CC(NS(=O)C3CC3)CN2C(CCCCc2nccs2)=NC1.Fc1cccc(Cl)c1. The van der Waals surface area contributed by atoms with Crippen LogP contribution in [0.3, 0.4) is 0 Å². The Morgan fingerprint density at radius 1 is 1.30 bits per heavy atom. The minimum Gasteiger partial charge on any atom is -0.352 e. The van der Waals surface area contributed by atoms with E-state index in [1.54, 1.807) is 23.5 Å². The number of fused-ring (bicyclic) bond motifs is 1. The van der Waals surface area contributed by atoms with E-state index in [1.807, 2.05) is 18.5 Å². The molecule has 1 saturated heterocycles.